The van der Waals surface area contributed by atoms with Gasteiger partial charge in [0.1, 0.15) is 0 Å². The standard InChI is InChI=1S/C17H20O4/c1-5-12-6-7-13-9-17(15(18)20-3,16(19)21-4)10-14(13)11(2)8-12/h1,6-7,12-13H,8-10H2,2-4H3/t12-,13-/m0/s1. The summed E-state index contributed by atoms with van der Waals surface area (Å²) >= 11 is 0. The fourth-order valence-corrected chi connectivity index (χ4v) is 3.38. The Bertz CT molecular complexity index is 546. The van der Waals surface area contributed by atoms with Crippen LogP contribution in [0.3, 0.4) is 0 Å². The molecule has 0 saturated heterocycles. The van der Waals surface area contributed by atoms with Crippen molar-refractivity contribution in [2.45, 2.75) is 26.2 Å². The van der Waals surface area contributed by atoms with Crippen LogP contribution in [0.25, 0.3) is 0 Å². The molecule has 1 fully saturated rings. The summed E-state index contributed by atoms with van der Waals surface area (Å²) in [6.45, 7) is 2.02. The van der Waals surface area contributed by atoms with Crippen molar-refractivity contribution in [2.75, 3.05) is 14.2 Å². The maximum Gasteiger partial charge on any atom is 0.323 e. The Hall–Kier alpha value is -2.02. The summed E-state index contributed by atoms with van der Waals surface area (Å²) in [4.78, 5) is 24.4. The molecule has 0 N–H and O–H groups in total. The zero-order valence-electron chi connectivity index (χ0n) is 12.6. The second-order valence-corrected chi connectivity index (χ2v) is 5.72. The largest absolute Gasteiger partial charge is 0.468 e. The molecule has 0 aromatic heterocycles. The Labute approximate surface area is 125 Å². The molecule has 0 unspecified atom stereocenters. The minimum Gasteiger partial charge on any atom is -0.468 e. The number of terminal acetylenes is 1. The second kappa shape index (κ2) is 5.77. The van der Waals surface area contributed by atoms with Crippen LogP contribution in [-0.4, -0.2) is 26.2 Å². The summed E-state index contributed by atoms with van der Waals surface area (Å²) < 4.78 is 9.71. The van der Waals surface area contributed by atoms with Gasteiger partial charge in [0, 0.05) is 5.92 Å². The van der Waals surface area contributed by atoms with E-state index in [9.17, 15) is 9.59 Å². The quantitative estimate of drug-likeness (QED) is 0.338. The zero-order chi connectivity index (χ0) is 15.6. The fraction of sp³-hybridized carbons (Fsp3) is 0.529. The molecule has 2 atom stereocenters. The van der Waals surface area contributed by atoms with Gasteiger partial charge in [0.25, 0.3) is 0 Å². The van der Waals surface area contributed by atoms with Crippen molar-refractivity contribution in [2.24, 2.45) is 17.3 Å². The first-order chi connectivity index (χ1) is 9.98. The minimum atomic E-state index is -1.22. The van der Waals surface area contributed by atoms with Gasteiger partial charge in [0.15, 0.2) is 5.41 Å². The van der Waals surface area contributed by atoms with Crippen LogP contribution in [0.4, 0.5) is 0 Å². The second-order valence-electron chi connectivity index (χ2n) is 5.72. The van der Waals surface area contributed by atoms with Crippen molar-refractivity contribution in [1.29, 1.82) is 0 Å². The van der Waals surface area contributed by atoms with Gasteiger partial charge in [-0.1, -0.05) is 29.2 Å². The molecule has 0 heterocycles. The summed E-state index contributed by atoms with van der Waals surface area (Å²) in [5.74, 6) is 1.82. The summed E-state index contributed by atoms with van der Waals surface area (Å²) in [6.07, 6.45) is 11.0. The maximum absolute atomic E-state index is 12.2. The molecule has 4 heteroatoms. The third kappa shape index (κ3) is 2.49. The first-order valence-electron chi connectivity index (χ1n) is 6.98. The molecule has 0 aromatic carbocycles. The van der Waals surface area contributed by atoms with E-state index in [0.29, 0.717) is 12.8 Å². The van der Waals surface area contributed by atoms with Gasteiger partial charge >= 0.3 is 11.9 Å². The van der Waals surface area contributed by atoms with E-state index in [4.69, 9.17) is 15.9 Å². The molecule has 0 bridgehead atoms. The lowest BCUT2D eigenvalue weighted by molar-refractivity contribution is -0.168. The van der Waals surface area contributed by atoms with E-state index in [2.05, 4.69) is 5.92 Å². The number of carbonyl (C=O) groups excluding carboxylic acids is 2. The van der Waals surface area contributed by atoms with Crippen molar-refractivity contribution in [1.82, 2.24) is 0 Å². The highest BCUT2D eigenvalue weighted by molar-refractivity contribution is 6.01. The van der Waals surface area contributed by atoms with Crippen LogP contribution in [0.5, 0.6) is 0 Å². The number of rotatable bonds is 2. The number of allylic oxidation sites excluding steroid dienone is 4. The van der Waals surface area contributed by atoms with Crippen molar-refractivity contribution in [3.8, 4) is 12.3 Å². The minimum absolute atomic E-state index is 0.0431. The Kier molecular flexibility index (Phi) is 4.22. The molecule has 0 amide bonds. The van der Waals surface area contributed by atoms with Gasteiger partial charge in [-0.3, -0.25) is 9.59 Å². The van der Waals surface area contributed by atoms with Crippen LogP contribution >= 0.6 is 0 Å². The van der Waals surface area contributed by atoms with Crippen LogP contribution in [0.15, 0.2) is 23.3 Å². The van der Waals surface area contributed by atoms with Crippen LogP contribution in [0, 0.1) is 29.6 Å². The number of fused-ring (bicyclic) bond motifs is 1. The molecule has 2 rings (SSSR count). The third-order valence-electron chi connectivity index (χ3n) is 4.52. The number of hydrogen-bond acceptors (Lipinski definition) is 4. The summed E-state index contributed by atoms with van der Waals surface area (Å²) in [6, 6.07) is 0. The molecule has 21 heavy (non-hydrogen) atoms. The number of methoxy groups -OCH3 is 2. The van der Waals surface area contributed by atoms with Crippen LogP contribution < -0.4 is 0 Å². The molecular weight excluding hydrogens is 268 g/mol. The average Bonchev–Trinajstić information content (AvgIpc) is 2.84. The van der Waals surface area contributed by atoms with E-state index >= 15 is 0 Å². The molecule has 2 aliphatic rings. The van der Waals surface area contributed by atoms with Crippen LogP contribution in [-0.2, 0) is 19.1 Å². The van der Waals surface area contributed by atoms with Crippen molar-refractivity contribution in [3.63, 3.8) is 0 Å². The van der Waals surface area contributed by atoms with Gasteiger partial charge in [-0.05, 0) is 32.1 Å². The first kappa shape index (κ1) is 15.4. The molecule has 0 aromatic rings. The van der Waals surface area contributed by atoms with Crippen molar-refractivity contribution >= 4 is 11.9 Å². The normalized spacial score (nSPS) is 26.6. The van der Waals surface area contributed by atoms with Crippen molar-refractivity contribution < 1.29 is 19.1 Å². The SMILES string of the molecule is C#C[C@H]1C=C[C@H]2CC(C(=O)OC)(C(=O)OC)CC2=C(C)C1. The van der Waals surface area contributed by atoms with E-state index in [0.717, 1.165) is 17.6 Å². The van der Waals surface area contributed by atoms with E-state index in [1.54, 1.807) is 0 Å². The highest BCUT2D eigenvalue weighted by Gasteiger charge is 2.55. The molecule has 1 saturated carbocycles. The molecule has 4 nitrogen and oxygen atoms in total. The Morgan fingerprint density at radius 3 is 2.43 bits per heavy atom. The van der Waals surface area contributed by atoms with Gasteiger partial charge in [0.2, 0.25) is 0 Å². The smallest absolute Gasteiger partial charge is 0.323 e. The zero-order valence-corrected chi connectivity index (χ0v) is 12.6. The van der Waals surface area contributed by atoms with Gasteiger partial charge in [0.05, 0.1) is 14.2 Å². The lowest BCUT2D eigenvalue weighted by atomic mass is 9.84. The highest BCUT2D eigenvalue weighted by atomic mass is 16.5. The monoisotopic (exact) mass is 288 g/mol. The Morgan fingerprint density at radius 1 is 1.29 bits per heavy atom. The van der Waals surface area contributed by atoms with Gasteiger partial charge < -0.3 is 9.47 Å². The molecule has 0 radical (unpaired) electrons. The molecular formula is C17H20O4. The van der Waals surface area contributed by atoms with Crippen molar-refractivity contribution in [3.05, 3.63) is 23.3 Å². The molecule has 2 aliphatic carbocycles. The summed E-state index contributed by atoms with van der Waals surface area (Å²) in [5, 5.41) is 0. The van der Waals surface area contributed by atoms with Crippen LogP contribution in [0.2, 0.25) is 0 Å². The predicted molar refractivity (Wildman–Crippen MR) is 78.0 cm³/mol. The first-order valence-corrected chi connectivity index (χ1v) is 6.98. The van der Waals surface area contributed by atoms with E-state index in [-0.39, 0.29) is 11.8 Å². The number of ether oxygens (including phenoxy) is 2. The van der Waals surface area contributed by atoms with Crippen LogP contribution in [0.1, 0.15) is 26.2 Å². The average molecular weight is 288 g/mol. The Balaban J connectivity index is 2.42. The number of hydrogen-bond donors (Lipinski definition) is 0. The maximum atomic E-state index is 12.2. The number of esters is 2. The van der Waals surface area contributed by atoms with E-state index in [1.165, 1.54) is 14.2 Å². The lowest BCUT2D eigenvalue weighted by Gasteiger charge is -2.22. The summed E-state index contributed by atoms with van der Waals surface area (Å²) in [7, 11) is 2.60. The van der Waals surface area contributed by atoms with Gasteiger partial charge in [-0.2, -0.15) is 0 Å². The summed E-state index contributed by atoms with van der Waals surface area (Å²) in [5.41, 5.74) is 1.04. The van der Waals surface area contributed by atoms with Gasteiger partial charge in [-0.25, -0.2) is 0 Å². The predicted octanol–water partition coefficient (Wildman–Crippen LogP) is 2.25. The Morgan fingerprint density at radius 2 is 1.90 bits per heavy atom. The number of carbonyl (C=O) groups is 2. The third-order valence-corrected chi connectivity index (χ3v) is 4.52. The molecule has 0 aliphatic heterocycles. The van der Waals surface area contributed by atoms with E-state index < -0.39 is 17.4 Å². The van der Waals surface area contributed by atoms with E-state index in [1.807, 2.05) is 19.1 Å². The highest BCUT2D eigenvalue weighted by Crippen LogP contribution is 2.50. The molecule has 112 valence electrons. The van der Waals surface area contributed by atoms with Gasteiger partial charge in [-0.15, -0.1) is 6.42 Å². The molecule has 0 spiro atoms. The topological polar surface area (TPSA) is 52.6 Å². The fourth-order valence-electron chi connectivity index (χ4n) is 3.38. The lowest BCUT2D eigenvalue weighted by Crippen LogP contribution is -2.39.